The number of amides is 2. The van der Waals surface area contributed by atoms with Gasteiger partial charge in [-0.05, 0) is 36.4 Å². The summed E-state index contributed by atoms with van der Waals surface area (Å²) in [4.78, 5) is 45.0. The number of nitro groups is 1. The van der Waals surface area contributed by atoms with Gasteiger partial charge in [0.15, 0.2) is 17.6 Å². The van der Waals surface area contributed by atoms with Gasteiger partial charge in [-0.15, -0.1) is 0 Å². The van der Waals surface area contributed by atoms with Crippen molar-refractivity contribution in [1.29, 1.82) is 0 Å². The lowest BCUT2D eigenvalue weighted by Crippen LogP contribution is -2.37. The Labute approximate surface area is 211 Å². The minimum Gasteiger partial charge on any atom is -0.493 e. The summed E-state index contributed by atoms with van der Waals surface area (Å²) in [5.41, 5.74) is 1.27. The topological polar surface area (TPSA) is 121 Å². The molecule has 0 saturated carbocycles. The number of nitro benzene ring substituents is 1. The summed E-state index contributed by atoms with van der Waals surface area (Å²) in [7, 11) is 4.46. The first kappa shape index (κ1) is 24.1. The first-order valence-electron chi connectivity index (χ1n) is 11.3. The Morgan fingerprint density at radius 3 is 2.08 bits per heavy atom. The molecule has 0 aromatic heterocycles. The highest BCUT2D eigenvalue weighted by Gasteiger charge is 2.61. The van der Waals surface area contributed by atoms with Crippen LogP contribution in [0.15, 0.2) is 66.7 Å². The summed E-state index contributed by atoms with van der Waals surface area (Å²) in [6.45, 7) is 0. The van der Waals surface area contributed by atoms with E-state index in [-0.39, 0.29) is 11.4 Å². The predicted molar refractivity (Wildman–Crippen MR) is 132 cm³/mol. The van der Waals surface area contributed by atoms with E-state index in [2.05, 4.69) is 0 Å². The largest absolute Gasteiger partial charge is 0.493 e. The molecule has 3 aromatic carbocycles. The number of methoxy groups -OCH3 is 3. The summed E-state index contributed by atoms with van der Waals surface area (Å²) in [5.74, 6) is -0.883. The first-order chi connectivity index (χ1) is 17.9. The Morgan fingerprint density at radius 2 is 1.49 bits per heavy atom. The Morgan fingerprint density at radius 1 is 0.811 bits per heavy atom. The van der Waals surface area contributed by atoms with Crippen LogP contribution in [-0.4, -0.2) is 44.2 Å². The lowest BCUT2D eigenvalue weighted by molar-refractivity contribution is -0.384. The average Bonchev–Trinajstić information content (AvgIpc) is 3.43. The standard InChI is InChI=1S/C26H23N3O8/c1-34-19-14-13-18(22(35-2)23(19)36-3)21-20-24(37-28(21)16-7-5-4-6-8-16)26(31)27(25(20)30)15-9-11-17(12-10-15)29(32)33/h4-14,20-21,24H,1-3H3/t20-,21-,24-/m1/s1. The number of hydroxylamine groups is 1. The highest BCUT2D eigenvalue weighted by Crippen LogP contribution is 2.52. The van der Waals surface area contributed by atoms with Gasteiger partial charge in [0.25, 0.3) is 11.6 Å². The fourth-order valence-electron chi connectivity index (χ4n) is 4.86. The number of para-hydroxylation sites is 1. The molecule has 11 nitrogen and oxygen atoms in total. The Balaban J connectivity index is 1.63. The summed E-state index contributed by atoms with van der Waals surface area (Å²) in [5, 5.41) is 12.6. The number of hydrogen-bond acceptors (Lipinski definition) is 9. The number of carbonyl (C=O) groups is 2. The monoisotopic (exact) mass is 505 g/mol. The highest BCUT2D eigenvalue weighted by molar-refractivity contribution is 6.24. The van der Waals surface area contributed by atoms with Gasteiger partial charge in [0.2, 0.25) is 11.7 Å². The molecular weight excluding hydrogens is 482 g/mol. The van der Waals surface area contributed by atoms with Crippen molar-refractivity contribution in [3.63, 3.8) is 0 Å². The number of imide groups is 1. The number of non-ortho nitro benzene ring substituents is 1. The lowest BCUT2D eigenvalue weighted by Gasteiger charge is -2.30. The highest BCUT2D eigenvalue weighted by atomic mass is 16.7. The fourth-order valence-corrected chi connectivity index (χ4v) is 4.86. The van der Waals surface area contributed by atoms with Crippen LogP contribution in [-0.2, 0) is 14.4 Å². The number of benzene rings is 3. The number of ether oxygens (including phenoxy) is 3. The van der Waals surface area contributed by atoms with E-state index < -0.39 is 34.8 Å². The number of carbonyl (C=O) groups excluding carboxylic acids is 2. The number of anilines is 2. The predicted octanol–water partition coefficient (Wildman–Crippen LogP) is 3.67. The van der Waals surface area contributed by atoms with Crippen LogP contribution < -0.4 is 24.2 Å². The van der Waals surface area contributed by atoms with Crippen molar-refractivity contribution >= 4 is 28.9 Å². The van der Waals surface area contributed by atoms with Crippen molar-refractivity contribution < 1.29 is 33.6 Å². The van der Waals surface area contributed by atoms with Crippen molar-refractivity contribution in [3.8, 4) is 17.2 Å². The SMILES string of the molecule is COc1ccc([C@@H]2[C@H]3C(=O)N(c4ccc([N+](=O)[O-])cc4)C(=O)[C@@H]3ON2c2ccccc2)c(OC)c1OC. The third kappa shape index (κ3) is 3.80. The van der Waals surface area contributed by atoms with Crippen LogP contribution in [0.4, 0.5) is 17.1 Å². The normalized spacial score (nSPS) is 20.7. The third-order valence-electron chi connectivity index (χ3n) is 6.50. The second kappa shape index (κ2) is 9.43. The molecule has 2 aliphatic heterocycles. The molecule has 2 saturated heterocycles. The van der Waals surface area contributed by atoms with Crippen molar-refractivity contribution in [1.82, 2.24) is 0 Å². The quantitative estimate of drug-likeness (QED) is 0.269. The molecule has 2 amide bonds. The molecule has 3 aromatic rings. The van der Waals surface area contributed by atoms with E-state index in [1.807, 2.05) is 30.3 Å². The van der Waals surface area contributed by atoms with E-state index in [1.54, 1.807) is 17.2 Å². The van der Waals surface area contributed by atoms with Gasteiger partial charge in [0.05, 0.1) is 37.6 Å². The van der Waals surface area contributed by atoms with Gasteiger partial charge >= 0.3 is 0 Å². The van der Waals surface area contributed by atoms with Gasteiger partial charge < -0.3 is 14.2 Å². The smallest absolute Gasteiger partial charge is 0.269 e. The summed E-state index contributed by atoms with van der Waals surface area (Å²) in [6, 6.07) is 17.0. The van der Waals surface area contributed by atoms with Crippen molar-refractivity contribution in [2.24, 2.45) is 5.92 Å². The molecule has 5 rings (SSSR count). The maximum atomic E-state index is 13.8. The van der Waals surface area contributed by atoms with Crippen LogP contribution in [0.25, 0.3) is 0 Å². The van der Waals surface area contributed by atoms with E-state index in [1.165, 1.54) is 45.6 Å². The summed E-state index contributed by atoms with van der Waals surface area (Å²) in [6.07, 6.45) is -1.12. The Bertz CT molecular complexity index is 1360. The van der Waals surface area contributed by atoms with Gasteiger partial charge in [-0.3, -0.25) is 24.5 Å². The molecule has 2 heterocycles. The van der Waals surface area contributed by atoms with E-state index in [4.69, 9.17) is 19.0 Å². The van der Waals surface area contributed by atoms with Gasteiger partial charge in [-0.2, -0.15) is 0 Å². The van der Waals surface area contributed by atoms with Gasteiger partial charge in [0.1, 0.15) is 12.0 Å². The maximum absolute atomic E-state index is 13.8. The number of nitrogens with zero attached hydrogens (tertiary/aromatic N) is 3. The van der Waals surface area contributed by atoms with E-state index in [0.29, 0.717) is 28.5 Å². The molecule has 190 valence electrons. The molecule has 0 aliphatic carbocycles. The molecule has 0 radical (unpaired) electrons. The van der Waals surface area contributed by atoms with Crippen LogP contribution in [0.1, 0.15) is 11.6 Å². The van der Waals surface area contributed by atoms with Gasteiger partial charge in [0, 0.05) is 17.7 Å². The minimum absolute atomic E-state index is 0.150. The molecule has 0 unspecified atom stereocenters. The molecule has 2 fully saturated rings. The van der Waals surface area contributed by atoms with Crippen LogP contribution in [0.2, 0.25) is 0 Å². The van der Waals surface area contributed by atoms with Gasteiger partial charge in [-0.1, -0.05) is 18.2 Å². The van der Waals surface area contributed by atoms with Crippen molar-refractivity contribution in [2.75, 3.05) is 31.3 Å². The molecule has 3 atom stereocenters. The van der Waals surface area contributed by atoms with Crippen LogP contribution in [0.3, 0.4) is 0 Å². The summed E-state index contributed by atoms with van der Waals surface area (Å²) >= 11 is 0. The zero-order valence-corrected chi connectivity index (χ0v) is 20.2. The van der Waals surface area contributed by atoms with Gasteiger partial charge in [-0.25, -0.2) is 9.96 Å². The Hall–Kier alpha value is -4.64. The maximum Gasteiger partial charge on any atom is 0.269 e. The number of rotatable bonds is 7. The van der Waals surface area contributed by atoms with E-state index >= 15 is 0 Å². The number of hydrogen-bond donors (Lipinski definition) is 0. The second-order valence-electron chi connectivity index (χ2n) is 8.37. The molecule has 11 heteroatoms. The first-order valence-corrected chi connectivity index (χ1v) is 11.3. The van der Waals surface area contributed by atoms with E-state index in [9.17, 15) is 19.7 Å². The third-order valence-corrected chi connectivity index (χ3v) is 6.50. The lowest BCUT2D eigenvalue weighted by atomic mass is 9.89. The minimum atomic E-state index is -1.12. The van der Waals surface area contributed by atoms with Crippen molar-refractivity contribution in [2.45, 2.75) is 12.1 Å². The molecule has 0 spiro atoms. The molecule has 2 aliphatic rings. The molecule has 0 bridgehead atoms. The van der Waals surface area contributed by atoms with Crippen LogP contribution in [0, 0.1) is 16.0 Å². The average molecular weight is 505 g/mol. The van der Waals surface area contributed by atoms with Crippen LogP contribution >= 0.6 is 0 Å². The second-order valence-corrected chi connectivity index (χ2v) is 8.37. The molecule has 0 N–H and O–H groups in total. The zero-order valence-electron chi connectivity index (χ0n) is 20.2. The molecular formula is C26H23N3O8. The number of fused-ring (bicyclic) bond motifs is 1. The van der Waals surface area contributed by atoms with E-state index in [0.717, 1.165) is 4.90 Å². The zero-order chi connectivity index (χ0) is 26.3. The van der Waals surface area contributed by atoms with Crippen LogP contribution in [0.5, 0.6) is 17.2 Å². The fraction of sp³-hybridized carbons (Fsp3) is 0.231. The van der Waals surface area contributed by atoms with Crippen molar-refractivity contribution in [3.05, 3.63) is 82.4 Å². The molecule has 37 heavy (non-hydrogen) atoms. The summed E-state index contributed by atoms with van der Waals surface area (Å²) < 4.78 is 16.7. The Kier molecular flexibility index (Phi) is 6.14.